The predicted octanol–water partition coefficient (Wildman–Crippen LogP) is 2.63. The zero-order chi connectivity index (χ0) is 18.2. The third kappa shape index (κ3) is 7.08. The lowest BCUT2D eigenvalue weighted by Crippen LogP contribution is -2.33. The molecule has 0 aliphatic carbocycles. The summed E-state index contributed by atoms with van der Waals surface area (Å²) in [5.74, 6) is -0.346. The number of aromatic nitrogens is 1. The molecule has 7 nitrogen and oxygen atoms in total. The second-order valence-electron chi connectivity index (χ2n) is 5.76. The van der Waals surface area contributed by atoms with Crippen LogP contribution in [0.25, 0.3) is 0 Å². The molecule has 0 saturated carbocycles. The summed E-state index contributed by atoms with van der Waals surface area (Å²) in [5.41, 5.74) is -0.170. The number of alkyl carbamates (subject to hydrolysis) is 1. The molecule has 0 saturated heterocycles. The number of nitrogens with one attached hydrogen (secondary N) is 1. The van der Waals surface area contributed by atoms with Crippen LogP contribution in [0.15, 0.2) is 30.2 Å². The van der Waals surface area contributed by atoms with E-state index in [4.69, 9.17) is 9.47 Å². The van der Waals surface area contributed by atoms with Crippen molar-refractivity contribution in [2.75, 3.05) is 20.3 Å². The fourth-order valence-electron chi connectivity index (χ4n) is 1.45. The number of ether oxygens (including phenoxy) is 3. The lowest BCUT2D eigenvalue weighted by atomic mass is 10.2. The first-order chi connectivity index (χ1) is 11.2. The molecule has 0 radical (unpaired) electrons. The molecule has 132 valence electrons. The minimum atomic E-state index is -0.809. The average Bonchev–Trinajstić information content (AvgIpc) is 2.53. The summed E-state index contributed by atoms with van der Waals surface area (Å²) in [5, 5.41) is 2.43. The molecule has 0 aromatic carbocycles. The monoisotopic (exact) mass is 340 g/mol. The van der Waals surface area contributed by atoms with Crippen LogP contribution >= 0.6 is 0 Å². The van der Waals surface area contributed by atoms with Crippen LogP contribution in [0.5, 0.6) is 5.88 Å². The fourth-order valence-corrected chi connectivity index (χ4v) is 1.45. The van der Waals surface area contributed by atoms with Crippen molar-refractivity contribution in [3.8, 4) is 5.88 Å². The van der Waals surface area contributed by atoms with Gasteiger partial charge in [0, 0.05) is 24.4 Å². The van der Waals surface area contributed by atoms with Gasteiger partial charge in [-0.1, -0.05) is 0 Å². The van der Waals surface area contributed by atoms with Crippen LogP contribution in [0.3, 0.4) is 0 Å². The highest BCUT2D eigenvalue weighted by atomic mass is 19.1. The molecule has 0 aliphatic rings. The van der Waals surface area contributed by atoms with Crippen molar-refractivity contribution < 1.29 is 28.2 Å². The van der Waals surface area contributed by atoms with Crippen molar-refractivity contribution in [2.45, 2.75) is 26.4 Å². The summed E-state index contributed by atoms with van der Waals surface area (Å²) in [7, 11) is 1.26. The first-order valence-corrected chi connectivity index (χ1v) is 7.17. The van der Waals surface area contributed by atoms with Crippen molar-refractivity contribution in [2.24, 2.45) is 0 Å². The number of pyridine rings is 1. The Balaban J connectivity index is 2.56. The average molecular weight is 340 g/mol. The van der Waals surface area contributed by atoms with E-state index in [-0.39, 0.29) is 23.6 Å². The minimum absolute atomic E-state index is 0.0638. The molecule has 0 aliphatic heterocycles. The molecule has 1 amide bonds. The quantitative estimate of drug-likeness (QED) is 0.633. The normalized spacial score (nSPS) is 11.6. The zero-order valence-corrected chi connectivity index (χ0v) is 14.1. The lowest BCUT2D eigenvalue weighted by Gasteiger charge is -2.19. The number of hydrogen-bond donors (Lipinski definition) is 1. The highest BCUT2D eigenvalue weighted by Crippen LogP contribution is 2.10. The van der Waals surface area contributed by atoms with E-state index in [2.05, 4.69) is 15.0 Å². The van der Waals surface area contributed by atoms with Gasteiger partial charge in [0.15, 0.2) is 0 Å². The van der Waals surface area contributed by atoms with E-state index >= 15 is 0 Å². The van der Waals surface area contributed by atoms with Crippen molar-refractivity contribution in [1.82, 2.24) is 10.3 Å². The topological polar surface area (TPSA) is 86.8 Å². The molecule has 1 rings (SSSR count). The molecule has 0 spiro atoms. The van der Waals surface area contributed by atoms with Crippen LogP contribution in [0.2, 0.25) is 0 Å². The minimum Gasteiger partial charge on any atom is -0.465 e. The summed E-state index contributed by atoms with van der Waals surface area (Å²) in [6, 6.07) is 2.91. The smallest absolute Gasteiger partial charge is 0.407 e. The van der Waals surface area contributed by atoms with E-state index in [1.165, 1.54) is 25.4 Å². The van der Waals surface area contributed by atoms with E-state index in [0.717, 1.165) is 6.26 Å². The van der Waals surface area contributed by atoms with E-state index < -0.39 is 24.3 Å². The number of hydrogen-bond acceptors (Lipinski definition) is 6. The summed E-state index contributed by atoms with van der Waals surface area (Å²) >= 11 is 0. The number of esters is 1. The van der Waals surface area contributed by atoms with Gasteiger partial charge in [-0.15, -0.1) is 0 Å². The highest BCUT2D eigenvalue weighted by molar-refractivity contribution is 5.88. The SMILES string of the molecule is COC(=O)c1ccc(O/C=C(/CF)CNC(=O)OC(C)(C)C)nc1. The van der Waals surface area contributed by atoms with E-state index in [0.29, 0.717) is 0 Å². The van der Waals surface area contributed by atoms with Crippen molar-refractivity contribution in [1.29, 1.82) is 0 Å². The van der Waals surface area contributed by atoms with Crippen LogP contribution in [-0.4, -0.2) is 43.0 Å². The van der Waals surface area contributed by atoms with Crippen molar-refractivity contribution in [3.05, 3.63) is 35.7 Å². The van der Waals surface area contributed by atoms with Crippen molar-refractivity contribution >= 4 is 12.1 Å². The first-order valence-electron chi connectivity index (χ1n) is 7.17. The first kappa shape index (κ1) is 19.4. The summed E-state index contributed by atoms with van der Waals surface area (Å²) < 4.78 is 27.7. The van der Waals surface area contributed by atoms with E-state index in [1.807, 2.05) is 0 Å². The van der Waals surface area contributed by atoms with Gasteiger partial charge in [0.05, 0.1) is 18.9 Å². The molecule has 1 aromatic heterocycles. The van der Waals surface area contributed by atoms with Gasteiger partial charge in [0.25, 0.3) is 0 Å². The van der Waals surface area contributed by atoms with Gasteiger partial charge in [0.1, 0.15) is 12.3 Å². The summed E-state index contributed by atoms with van der Waals surface area (Å²) in [6.07, 6.45) is 1.78. The number of carbonyl (C=O) groups excluding carboxylic acids is 2. The van der Waals surface area contributed by atoms with Crippen LogP contribution < -0.4 is 10.1 Å². The second kappa shape index (κ2) is 8.85. The molecule has 0 atom stereocenters. The fraction of sp³-hybridized carbons (Fsp3) is 0.438. The van der Waals surface area contributed by atoms with Gasteiger partial charge in [-0.2, -0.15) is 0 Å². The van der Waals surface area contributed by atoms with Crippen LogP contribution in [-0.2, 0) is 9.47 Å². The summed E-state index contributed by atoms with van der Waals surface area (Å²) in [6.45, 7) is 4.31. The largest absolute Gasteiger partial charge is 0.465 e. The van der Waals surface area contributed by atoms with Gasteiger partial charge in [-0.25, -0.2) is 19.0 Å². The number of rotatable bonds is 6. The Morgan fingerprint density at radius 1 is 1.33 bits per heavy atom. The molecule has 24 heavy (non-hydrogen) atoms. The number of methoxy groups -OCH3 is 1. The van der Waals surface area contributed by atoms with E-state index in [9.17, 15) is 14.0 Å². The third-order valence-electron chi connectivity index (χ3n) is 2.53. The molecular weight excluding hydrogens is 319 g/mol. The Morgan fingerprint density at radius 3 is 2.54 bits per heavy atom. The van der Waals surface area contributed by atoms with Crippen LogP contribution in [0, 0.1) is 0 Å². The van der Waals surface area contributed by atoms with E-state index in [1.54, 1.807) is 20.8 Å². The van der Waals surface area contributed by atoms with Crippen molar-refractivity contribution in [3.63, 3.8) is 0 Å². The van der Waals surface area contributed by atoms with Gasteiger partial charge in [0.2, 0.25) is 5.88 Å². The van der Waals surface area contributed by atoms with Crippen LogP contribution in [0.1, 0.15) is 31.1 Å². The maximum atomic E-state index is 12.9. The molecule has 8 heteroatoms. The van der Waals surface area contributed by atoms with Gasteiger partial charge in [-0.05, 0) is 26.8 Å². The number of nitrogens with zero attached hydrogens (tertiary/aromatic N) is 1. The Kier molecular flexibility index (Phi) is 7.16. The second-order valence-corrected chi connectivity index (χ2v) is 5.76. The lowest BCUT2D eigenvalue weighted by molar-refractivity contribution is 0.0530. The number of alkyl halides is 1. The Labute approximate surface area is 139 Å². The number of carbonyl (C=O) groups is 2. The molecule has 1 aromatic rings. The maximum Gasteiger partial charge on any atom is 0.407 e. The molecule has 1 heterocycles. The molecule has 0 bridgehead atoms. The maximum absolute atomic E-state index is 12.9. The Bertz CT molecular complexity index is 593. The highest BCUT2D eigenvalue weighted by Gasteiger charge is 2.16. The van der Waals surface area contributed by atoms with Gasteiger partial charge >= 0.3 is 12.1 Å². The van der Waals surface area contributed by atoms with Crippen LogP contribution in [0.4, 0.5) is 9.18 Å². The molecule has 0 unspecified atom stereocenters. The predicted molar refractivity (Wildman–Crippen MR) is 84.5 cm³/mol. The molecular formula is C16H21FN2O5. The standard InChI is InChI=1S/C16H21FN2O5/c1-16(2,3)24-15(21)19-8-11(7-17)10-23-13-6-5-12(9-18-13)14(20)22-4/h5-6,9-10H,7-8H2,1-4H3,(H,19,21)/b11-10-. The molecule has 0 fully saturated rings. The molecule has 1 N–H and O–H groups in total. The Morgan fingerprint density at radius 2 is 2.04 bits per heavy atom. The zero-order valence-electron chi connectivity index (χ0n) is 14.1. The summed E-state index contributed by atoms with van der Waals surface area (Å²) in [4.78, 5) is 26.7. The third-order valence-corrected chi connectivity index (χ3v) is 2.53. The van der Waals surface area contributed by atoms with Gasteiger partial charge < -0.3 is 19.5 Å². The number of amides is 1. The van der Waals surface area contributed by atoms with Gasteiger partial charge in [-0.3, -0.25) is 0 Å². The Hall–Kier alpha value is -2.64. The number of halogens is 1.